The predicted octanol–water partition coefficient (Wildman–Crippen LogP) is 2.31. The maximum absolute atomic E-state index is 9.36. The molecule has 5 heteroatoms. The summed E-state index contributed by atoms with van der Waals surface area (Å²) < 4.78 is 10.8. The fourth-order valence-corrected chi connectivity index (χ4v) is 3.18. The first kappa shape index (κ1) is 13.7. The number of rotatable bonds is 4. The van der Waals surface area contributed by atoms with Crippen molar-refractivity contribution in [1.82, 2.24) is 10.4 Å². The zero-order valence-electron chi connectivity index (χ0n) is 11.8. The predicted molar refractivity (Wildman–Crippen MR) is 75.1 cm³/mol. The van der Waals surface area contributed by atoms with Crippen LogP contribution in [-0.2, 0) is 0 Å². The minimum absolute atomic E-state index is 0.0338. The lowest BCUT2D eigenvalue weighted by Crippen LogP contribution is -2.43. The van der Waals surface area contributed by atoms with Crippen LogP contribution < -0.4 is 15.0 Å². The molecule has 5 nitrogen and oxygen atoms in total. The quantitative estimate of drug-likeness (QED) is 0.828. The van der Waals surface area contributed by atoms with Crippen LogP contribution in [0.1, 0.15) is 37.8 Å². The summed E-state index contributed by atoms with van der Waals surface area (Å²) in [5, 5.41) is 9.36. The molecule has 2 heterocycles. The van der Waals surface area contributed by atoms with E-state index in [4.69, 9.17) is 9.47 Å². The van der Waals surface area contributed by atoms with Crippen molar-refractivity contribution in [2.45, 2.75) is 38.3 Å². The Bertz CT molecular complexity index is 460. The van der Waals surface area contributed by atoms with E-state index in [9.17, 15) is 5.21 Å². The molecule has 2 aliphatic heterocycles. The topological polar surface area (TPSA) is 54.0 Å². The first-order valence-electron chi connectivity index (χ1n) is 7.33. The van der Waals surface area contributed by atoms with E-state index in [1.807, 2.05) is 19.1 Å². The third-order valence-corrected chi connectivity index (χ3v) is 4.20. The van der Waals surface area contributed by atoms with Gasteiger partial charge in [0, 0.05) is 6.04 Å². The number of likely N-dealkylation sites (tertiary alicyclic amines) is 1. The average molecular weight is 278 g/mol. The van der Waals surface area contributed by atoms with Crippen LogP contribution in [-0.4, -0.2) is 36.0 Å². The van der Waals surface area contributed by atoms with E-state index >= 15 is 0 Å². The summed E-state index contributed by atoms with van der Waals surface area (Å²) >= 11 is 0. The van der Waals surface area contributed by atoms with Crippen LogP contribution in [0.15, 0.2) is 18.2 Å². The molecular formula is C15H22N2O3. The monoisotopic (exact) mass is 278 g/mol. The molecule has 110 valence electrons. The van der Waals surface area contributed by atoms with E-state index in [0.717, 1.165) is 30.2 Å². The highest BCUT2D eigenvalue weighted by Gasteiger charge is 2.28. The molecule has 3 rings (SSSR count). The number of hydrogen-bond acceptors (Lipinski definition) is 5. The van der Waals surface area contributed by atoms with Crippen LogP contribution in [0, 0.1) is 0 Å². The van der Waals surface area contributed by atoms with Crippen molar-refractivity contribution in [3.63, 3.8) is 0 Å². The summed E-state index contributed by atoms with van der Waals surface area (Å²) in [6.07, 6.45) is 3.74. The standard InChI is InChI=1S/C15H22N2O3/c1-11(16-18)15(17-7-3-2-4-8-17)12-5-6-13-14(9-12)20-10-19-13/h5-6,9,11,15-16,18H,2-4,7-8,10H2,1H3. The smallest absolute Gasteiger partial charge is 0.231 e. The lowest BCUT2D eigenvalue weighted by atomic mass is 9.96. The zero-order valence-corrected chi connectivity index (χ0v) is 11.8. The molecule has 1 aromatic carbocycles. The molecule has 0 aliphatic carbocycles. The van der Waals surface area contributed by atoms with E-state index in [1.165, 1.54) is 19.3 Å². The Hall–Kier alpha value is -1.30. The van der Waals surface area contributed by atoms with Crippen molar-refractivity contribution in [1.29, 1.82) is 0 Å². The molecule has 0 saturated carbocycles. The Morgan fingerprint density at radius 3 is 2.65 bits per heavy atom. The van der Waals surface area contributed by atoms with Crippen molar-refractivity contribution in [2.75, 3.05) is 19.9 Å². The summed E-state index contributed by atoms with van der Waals surface area (Å²) in [5.74, 6) is 1.60. The molecule has 2 aliphatic rings. The van der Waals surface area contributed by atoms with E-state index < -0.39 is 0 Å². The lowest BCUT2D eigenvalue weighted by molar-refractivity contribution is 0.0588. The van der Waals surface area contributed by atoms with Crippen LogP contribution >= 0.6 is 0 Å². The van der Waals surface area contributed by atoms with Gasteiger partial charge in [0.2, 0.25) is 6.79 Å². The van der Waals surface area contributed by atoms with Gasteiger partial charge in [0.25, 0.3) is 0 Å². The van der Waals surface area contributed by atoms with E-state index in [0.29, 0.717) is 6.79 Å². The molecule has 1 aromatic rings. The van der Waals surface area contributed by atoms with Gasteiger partial charge in [-0.25, -0.2) is 5.48 Å². The number of fused-ring (bicyclic) bond motifs is 1. The number of benzene rings is 1. The van der Waals surface area contributed by atoms with E-state index in [-0.39, 0.29) is 12.1 Å². The molecule has 0 radical (unpaired) electrons. The first-order chi connectivity index (χ1) is 9.79. The van der Waals surface area contributed by atoms with Gasteiger partial charge in [0.1, 0.15) is 0 Å². The summed E-state index contributed by atoms with van der Waals surface area (Å²) in [6, 6.07) is 6.18. The van der Waals surface area contributed by atoms with Gasteiger partial charge in [0.15, 0.2) is 11.5 Å². The van der Waals surface area contributed by atoms with E-state index in [1.54, 1.807) is 0 Å². The largest absolute Gasteiger partial charge is 0.454 e. The zero-order chi connectivity index (χ0) is 13.9. The lowest BCUT2D eigenvalue weighted by Gasteiger charge is -2.37. The number of hydrogen-bond donors (Lipinski definition) is 2. The molecule has 1 fully saturated rings. The highest BCUT2D eigenvalue weighted by molar-refractivity contribution is 5.45. The number of piperidine rings is 1. The van der Waals surface area contributed by atoms with Crippen LogP contribution in [0.3, 0.4) is 0 Å². The second-order valence-corrected chi connectivity index (χ2v) is 5.57. The van der Waals surface area contributed by atoms with Gasteiger partial charge in [0.05, 0.1) is 6.04 Å². The summed E-state index contributed by atoms with van der Waals surface area (Å²) in [7, 11) is 0. The van der Waals surface area contributed by atoms with E-state index in [2.05, 4.69) is 16.4 Å². The average Bonchev–Trinajstić information content (AvgIpc) is 2.96. The highest BCUT2D eigenvalue weighted by Crippen LogP contribution is 2.37. The van der Waals surface area contributed by atoms with Crippen LogP contribution in [0.5, 0.6) is 11.5 Å². The molecule has 0 aromatic heterocycles. The van der Waals surface area contributed by atoms with Crippen molar-refractivity contribution < 1.29 is 14.7 Å². The minimum Gasteiger partial charge on any atom is -0.454 e. The number of nitrogens with zero attached hydrogens (tertiary/aromatic N) is 1. The SMILES string of the molecule is CC(NO)C(c1ccc2c(c1)OCO2)N1CCCCC1. The van der Waals surface area contributed by atoms with Gasteiger partial charge < -0.3 is 14.7 Å². The third-order valence-electron chi connectivity index (χ3n) is 4.20. The second-order valence-electron chi connectivity index (χ2n) is 5.57. The second kappa shape index (κ2) is 5.99. The highest BCUT2D eigenvalue weighted by atomic mass is 16.7. The molecule has 2 N–H and O–H groups in total. The van der Waals surface area contributed by atoms with Crippen LogP contribution in [0.25, 0.3) is 0 Å². The maximum atomic E-state index is 9.36. The van der Waals surface area contributed by atoms with Crippen molar-refractivity contribution >= 4 is 0 Å². The van der Waals surface area contributed by atoms with Gasteiger partial charge in [-0.1, -0.05) is 12.5 Å². The summed E-state index contributed by atoms with van der Waals surface area (Å²) in [4.78, 5) is 2.44. The molecule has 2 atom stereocenters. The molecule has 0 spiro atoms. The van der Waals surface area contributed by atoms with Crippen LogP contribution in [0.2, 0.25) is 0 Å². The molecular weight excluding hydrogens is 256 g/mol. The van der Waals surface area contributed by atoms with Crippen molar-refractivity contribution in [3.05, 3.63) is 23.8 Å². The van der Waals surface area contributed by atoms with Gasteiger partial charge in [-0.2, -0.15) is 0 Å². The number of ether oxygens (including phenoxy) is 2. The van der Waals surface area contributed by atoms with Gasteiger partial charge in [-0.3, -0.25) is 4.90 Å². The van der Waals surface area contributed by atoms with Gasteiger partial charge in [-0.15, -0.1) is 0 Å². The number of nitrogens with one attached hydrogen (secondary N) is 1. The minimum atomic E-state index is -0.0338. The Morgan fingerprint density at radius 2 is 1.90 bits per heavy atom. The maximum Gasteiger partial charge on any atom is 0.231 e. The Labute approximate surface area is 119 Å². The summed E-state index contributed by atoms with van der Waals surface area (Å²) in [5.41, 5.74) is 3.57. The molecule has 0 amide bonds. The van der Waals surface area contributed by atoms with Gasteiger partial charge in [-0.05, 0) is 50.6 Å². The molecule has 2 unspecified atom stereocenters. The van der Waals surface area contributed by atoms with Crippen molar-refractivity contribution in [2.24, 2.45) is 0 Å². The Balaban J connectivity index is 1.88. The summed E-state index contributed by atoms with van der Waals surface area (Å²) in [6.45, 7) is 4.45. The normalized spacial score (nSPS) is 21.7. The fraction of sp³-hybridized carbons (Fsp3) is 0.600. The fourth-order valence-electron chi connectivity index (χ4n) is 3.18. The molecule has 1 saturated heterocycles. The molecule has 0 bridgehead atoms. The Kier molecular flexibility index (Phi) is 4.10. The number of hydroxylamine groups is 1. The van der Waals surface area contributed by atoms with Gasteiger partial charge >= 0.3 is 0 Å². The van der Waals surface area contributed by atoms with Crippen molar-refractivity contribution in [3.8, 4) is 11.5 Å². The molecule has 20 heavy (non-hydrogen) atoms. The van der Waals surface area contributed by atoms with Crippen LogP contribution in [0.4, 0.5) is 0 Å². The first-order valence-corrected chi connectivity index (χ1v) is 7.33. The third kappa shape index (κ3) is 2.61. The Morgan fingerprint density at radius 1 is 1.15 bits per heavy atom.